The topological polar surface area (TPSA) is 76.7 Å². The van der Waals surface area contributed by atoms with Crippen molar-refractivity contribution < 1.29 is 14.0 Å². The van der Waals surface area contributed by atoms with Gasteiger partial charge in [-0.25, -0.2) is 4.39 Å². The summed E-state index contributed by atoms with van der Waals surface area (Å²) < 4.78 is 13.6. The van der Waals surface area contributed by atoms with Crippen molar-refractivity contribution in [1.82, 2.24) is 19.7 Å². The van der Waals surface area contributed by atoms with Crippen molar-refractivity contribution >= 4 is 22.7 Å². The molecule has 2 fully saturated rings. The van der Waals surface area contributed by atoms with Crippen LogP contribution in [0.3, 0.4) is 0 Å². The lowest BCUT2D eigenvalue weighted by Crippen LogP contribution is -2.44. The molecule has 1 aromatic carbocycles. The van der Waals surface area contributed by atoms with Crippen LogP contribution in [0.2, 0.25) is 0 Å². The van der Waals surface area contributed by atoms with Crippen LogP contribution in [0.25, 0.3) is 10.9 Å². The van der Waals surface area contributed by atoms with Crippen LogP contribution in [-0.4, -0.2) is 78.3 Å². The second kappa shape index (κ2) is 6.95. The van der Waals surface area contributed by atoms with Crippen molar-refractivity contribution in [2.45, 2.75) is 6.92 Å². The Morgan fingerprint density at radius 2 is 1.93 bits per heavy atom. The van der Waals surface area contributed by atoms with E-state index in [1.54, 1.807) is 11.8 Å². The van der Waals surface area contributed by atoms with E-state index in [1.165, 1.54) is 18.3 Å². The summed E-state index contributed by atoms with van der Waals surface area (Å²) in [4.78, 5) is 46.5. The van der Waals surface area contributed by atoms with Crippen LogP contribution in [0.15, 0.2) is 29.2 Å². The van der Waals surface area contributed by atoms with Crippen molar-refractivity contribution in [2.24, 2.45) is 11.3 Å². The predicted octanol–water partition coefficient (Wildman–Crippen LogP) is 1.15. The van der Waals surface area contributed by atoms with Gasteiger partial charge >= 0.3 is 0 Å². The number of fused-ring (bicyclic) bond motifs is 2. The maximum Gasteiger partial charge on any atom is 0.259 e. The Kier molecular flexibility index (Phi) is 4.69. The molecule has 8 heteroatoms. The normalized spacial score (nSPS) is 23.8. The number of hydrogen-bond acceptors (Lipinski definition) is 4. The Morgan fingerprint density at radius 1 is 1.24 bits per heavy atom. The molecule has 0 unspecified atom stereocenters. The first kappa shape index (κ1) is 19.6. The number of nitrogens with one attached hydrogen (secondary N) is 1. The van der Waals surface area contributed by atoms with Crippen molar-refractivity contribution in [3.63, 3.8) is 0 Å². The maximum atomic E-state index is 13.6. The molecule has 2 amide bonds. The third-order valence-corrected chi connectivity index (χ3v) is 6.20. The standard InChI is InChI=1S/C21H25FN4O3/c1-13(27)25-8-14-9-26(12-21(14,11-25)10-24(2)3)20(29)17-7-23-18-5-4-15(22)6-16(18)19(17)28/h4-7,14H,8-12H2,1-3H3,(H,23,28)/t14-,21+/m1/s1. The first-order valence-corrected chi connectivity index (χ1v) is 9.71. The van der Waals surface area contributed by atoms with E-state index in [0.717, 1.165) is 12.6 Å². The first-order valence-electron chi connectivity index (χ1n) is 9.71. The highest BCUT2D eigenvalue weighted by Gasteiger charge is 2.54. The summed E-state index contributed by atoms with van der Waals surface area (Å²) in [6.07, 6.45) is 1.42. The number of rotatable bonds is 3. The third kappa shape index (κ3) is 3.31. The van der Waals surface area contributed by atoms with Gasteiger partial charge in [-0.15, -0.1) is 0 Å². The number of carbonyl (C=O) groups excluding carboxylic acids is 2. The molecule has 0 aliphatic carbocycles. The van der Waals surface area contributed by atoms with Gasteiger partial charge in [0.2, 0.25) is 11.3 Å². The Labute approximate surface area is 168 Å². The van der Waals surface area contributed by atoms with Crippen LogP contribution < -0.4 is 5.43 Å². The molecule has 4 rings (SSSR count). The minimum Gasteiger partial charge on any atom is -0.360 e. The number of aromatic amines is 1. The van der Waals surface area contributed by atoms with E-state index < -0.39 is 11.2 Å². The summed E-state index contributed by atoms with van der Waals surface area (Å²) in [5.41, 5.74) is -0.160. The molecule has 29 heavy (non-hydrogen) atoms. The van der Waals surface area contributed by atoms with E-state index in [2.05, 4.69) is 9.88 Å². The quantitative estimate of drug-likeness (QED) is 0.839. The number of pyridine rings is 1. The number of halogens is 1. The highest BCUT2D eigenvalue weighted by atomic mass is 19.1. The van der Waals surface area contributed by atoms with Gasteiger partial charge in [0.1, 0.15) is 11.4 Å². The number of carbonyl (C=O) groups is 2. The van der Waals surface area contributed by atoms with Gasteiger partial charge in [0, 0.05) is 68.1 Å². The average molecular weight is 400 g/mol. The molecule has 0 spiro atoms. The molecule has 3 heterocycles. The third-order valence-electron chi connectivity index (χ3n) is 6.20. The van der Waals surface area contributed by atoms with E-state index in [-0.39, 0.29) is 34.1 Å². The fourth-order valence-corrected chi connectivity index (χ4v) is 4.95. The molecule has 1 aromatic heterocycles. The highest BCUT2D eigenvalue weighted by Crippen LogP contribution is 2.43. The van der Waals surface area contributed by atoms with Gasteiger partial charge in [-0.3, -0.25) is 14.4 Å². The maximum absolute atomic E-state index is 13.6. The molecule has 0 saturated carbocycles. The van der Waals surface area contributed by atoms with E-state index in [1.807, 2.05) is 19.0 Å². The number of nitrogens with zero attached hydrogens (tertiary/aromatic N) is 3. The van der Waals surface area contributed by atoms with Gasteiger partial charge < -0.3 is 19.7 Å². The second-order valence-corrected chi connectivity index (χ2v) is 8.60. The van der Waals surface area contributed by atoms with E-state index in [9.17, 15) is 18.8 Å². The Hall–Kier alpha value is -2.74. The summed E-state index contributed by atoms with van der Waals surface area (Å²) in [6.45, 7) is 4.53. The average Bonchev–Trinajstić information content (AvgIpc) is 3.15. The van der Waals surface area contributed by atoms with Crippen LogP contribution in [0.4, 0.5) is 4.39 Å². The lowest BCUT2D eigenvalue weighted by Gasteiger charge is -2.32. The summed E-state index contributed by atoms with van der Waals surface area (Å²) >= 11 is 0. The van der Waals surface area contributed by atoms with Crippen molar-refractivity contribution in [1.29, 1.82) is 0 Å². The molecule has 2 aliphatic heterocycles. The summed E-state index contributed by atoms with van der Waals surface area (Å²) in [5.74, 6) is -0.657. The van der Waals surface area contributed by atoms with E-state index in [0.29, 0.717) is 31.7 Å². The van der Waals surface area contributed by atoms with E-state index >= 15 is 0 Å². The molecule has 2 aromatic rings. The smallest absolute Gasteiger partial charge is 0.259 e. The number of benzene rings is 1. The van der Waals surface area contributed by atoms with Crippen molar-refractivity contribution in [3.05, 3.63) is 46.0 Å². The molecular formula is C21H25FN4O3. The van der Waals surface area contributed by atoms with Crippen molar-refractivity contribution in [2.75, 3.05) is 46.8 Å². The molecule has 2 aliphatic rings. The molecule has 154 valence electrons. The summed E-state index contributed by atoms with van der Waals surface area (Å²) in [7, 11) is 3.96. The largest absolute Gasteiger partial charge is 0.360 e. The molecule has 2 saturated heterocycles. The summed E-state index contributed by atoms with van der Waals surface area (Å²) in [6, 6.07) is 3.91. The number of H-pyrrole nitrogens is 1. The second-order valence-electron chi connectivity index (χ2n) is 8.60. The fourth-order valence-electron chi connectivity index (χ4n) is 4.95. The molecule has 0 radical (unpaired) electrons. The molecular weight excluding hydrogens is 375 g/mol. The van der Waals surface area contributed by atoms with Crippen LogP contribution in [-0.2, 0) is 4.79 Å². The zero-order chi connectivity index (χ0) is 20.9. The lowest BCUT2D eigenvalue weighted by molar-refractivity contribution is -0.128. The number of amides is 2. The fraction of sp³-hybridized carbons (Fsp3) is 0.476. The highest BCUT2D eigenvalue weighted by molar-refractivity contribution is 5.97. The minimum absolute atomic E-state index is 0.0199. The molecule has 7 nitrogen and oxygen atoms in total. The van der Waals surface area contributed by atoms with Crippen molar-refractivity contribution in [3.8, 4) is 0 Å². The SMILES string of the molecule is CC(=O)N1C[C@@H]2CN(C(=O)c3c[nH]c4ccc(F)cc4c3=O)C[C@]2(CN(C)C)C1. The van der Waals surface area contributed by atoms with Crippen LogP contribution >= 0.6 is 0 Å². The zero-order valence-electron chi connectivity index (χ0n) is 16.9. The Morgan fingerprint density at radius 3 is 2.62 bits per heavy atom. The summed E-state index contributed by atoms with van der Waals surface area (Å²) in [5, 5.41) is 0.168. The predicted molar refractivity (Wildman–Crippen MR) is 107 cm³/mol. The van der Waals surface area contributed by atoms with Crippen LogP contribution in [0, 0.1) is 17.2 Å². The zero-order valence-corrected chi connectivity index (χ0v) is 16.9. The van der Waals surface area contributed by atoms with Gasteiger partial charge in [0.15, 0.2) is 0 Å². The monoisotopic (exact) mass is 400 g/mol. The number of aromatic nitrogens is 1. The van der Waals surface area contributed by atoms with Crippen LogP contribution in [0.1, 0.15) is 17.3 Å². The van der Waals surface area contributed by atoms with Crippen LogP contribution in [0.5, 0.6) is 0 Å². The lowest BCUT2D eigenvalue weighted by atomic mass is 9.80. The molecule has 2 atom stereocenters. The Balaban J connectivity index is 1.64. The number of likely N-dealkylation sites (tertiary alicyclic amines) is 2. The van der Waals surface area contributed by atoms with Gasteiger partial charge in [0.25, 0.3) is 5.91 Å². The van der Waals surface area contributed by atoms with E-state index in [4.69, 9.17) is 0 Å². The van der Waals surface area contributed by atoms with Gasteiger partial charge in [0.05, 0.1) is 0 Å². The Bertz CT molecular complexity index is 1050. The molecule has 0 bridgehead atoms. The van der Waals surface area contributed by atoms with Gasteiger partial charge in [-0.2, -0.15) is 0 Å². The number of hydrogen-bond donors (Lipinski definition) is 1. The van der Waals surface area contributed by atoms with Gasteiger partial charge in [-0.05, 0) is 32.3 Å². The van der Waals surface area contributed by atoms with Gasteiger partial charge in [-0.1, -0.05) is 0 Å². The minimum atomic E-state index is -0.516. The first-order chi connectivity index (χ1) is 13.7. The molecule has 1 N–H and O–H groups in total.